The number of hydrogen-bond acceptors (Lipinski definition) is 4. The van der Waals surface area contributed by atoms with Gasteiger partial charge in [0.15, 0.2) is 16.5 Å². The quantitative estimate of drug-likeness (QED) is 0.715. The fraction of sp³-hybridized carbons (Fsp3) is 0.267. The zero-order chi connectivity index (χ0) is 13.9. The van der Waals surface area contributed by atoms with Crippen molar-refractivity contribution in [1.82, 2.24) is 9.38 Å². The lowest BCUT2D eigenvalue weighted by molar-refractivity contribution is 0.288. The average Bonchev–Trinajstić information content (AvgIpc) is 3.04. The normalized spacial score (nSPS) is 10.9. The number of benzene rings is 1. The Balaban J connectivity index is 2.06. The fourth-order valence-electron chi connectivity index (χ4n) is 2.14. The van der Waals surface area contributed by atoms with Crippen molar-refractivity contribution >= 4 is 16.3 Å². The molecule has 104 valence electrons. The molecule has 0 aliphatic rings. The third kappa shape index (κ3) is 2.25. The molecule has 5 heteroatoms. The number of thiazole rings is 1. The minimum absolute atomic E-state index is 0.619. The lowest BCUT2D eigenvalue weighted by atomic mass is 10.1. The molecule has 0 spiro atoms. The molecule has 0 radical (unpaired) electrons. The largest absolute Gasteiger partial charge is 0.490 e. The van der Waals surface area contributed by atoms with Crippen LogP contribution in [0.5, 0.6) is 11.5 Å². The van der Waals surface area contributed by atoms with Crippen LogP contribution in [0.25, 0.3) is 16.2 Å². The van der Waals surface area contributed by atoms with Crippen molar-refractivity contribution in [2.45, 2.75) is 13.8 Å². The van der Waals surface area contributed by atoms with Gasteiger partial charge in [0.25, 0.3) is 0 Å². The summed E-state index contributed by atoms with van der Waals surface area (Å²) in [5, 5.41) is 2.10. The van der Waals surface area contributed by atoms with Gasteiger partial charge in [-0.25, -0.2) is 4.98 Å². The Morgan fingerprint density at radius 3 is 2.75 bits per heavy atom. The van der Waals surface area contributed by atoms with E-state index < -0.39 is 0 Å². The lowest BCUT2D eigenvalue weighted by Crippen LogP contribution is -1.98. The van der Waals surface area contributed by atoms with Crippen LogP contribution < -0.4 is 9.47 Å². The van der Waals surface area contributed by atoms with Crippen LogP contribution in [0.4, 0.5) is 0 Å². The number of ether oxygens (including phenoxy) is 2. The van der Waals surface area contributed by atoms with Crippen LogP contribution in [-0.2, 0) is 0 Å². The van der Waals surface area contributed by atoms with E-state index in [1.54, 1.807) is 11.3 Å². The van der Waals surface area contributed by atoms with Crippen molar-refractivity contribution in [3.05, 3.63) is 36.0 Å². The zero-order valence-corrected chi connectivity index (χ0v) is 12.3. The van der Waals surface area contributed by atoms with Crippen LogP contribution in [0, 0.1) is 0 Å². The molecule has 0 aliphatic heterocycles. The van der Waals surface area contributed by atoms with Crippen LogP contribution in [0.2, 0.25) is 0 Å². The van der Waals surface area contributed by atoms with E-state index in [4.69, 9.17) is 9.47 Å². The first kappa shape index (κ1) is 13.0. The number of imidazole rings is 1. The summed E-state index contributed by atoms with van der Waals surface area (Å²) in [7, 11) is 0. The summed E-state index contributed by atoms with van der Waals surface area (Å²) in [5.74, 6) is 1.57. The standard InChI is InChI=1S/C15H16N2O2S/c1-3-18-13-6-5-11(9-14(13)19-4-2)12-10-20-15-16-7-8-17(12)15/h5-10H,3-4H2,1-2H3. The van der Waals surface area contributed by atoms with Gasteiger partial charge in [0.1, 0.15) is 0 Å². The molecule has 0 saturated carbocycles. The summed E-state index contributed by atoms with van der Waals surface area (Å²) in [6.45, 7) is 5.19. The monoisotopic (exact) mass is 288 g/mol. The molecule has 0 unspecified atom stereocenters. The second-order valence-electron chi connectivity index (χ2n) is 4.23. The molecule has 0 atom stereocenters. The zero-order valence-electron chi connectivity index (χ0n) is 11.5. The maximum atomic E-state index is 5.68. The second-order valence-corrected chi connectivity index (χ2v) is 5.06. The van der Waals surface area contributed by atoms with Gasteiger partial charge >= 0.3 is 0 Å². The SMILES string of the molecule is CCOc1ccc(-c2csc3nccn23)cc1OCC. The van der Waals surface area contributed by atoms with E-state index in [-0.39, 0.29) is 0 Å². The number of rotatable bonds is 5. The summed E-state index contributed by atoms with van der Waals surface area (Å²) in [4.78, 5) is 5.29. The van der Waals surface area contributed by atoms with Crippen molar-refractivity contribution in [2.75, 3.05) is 13.2 Å². The van der Waals surface area contributed by atoms with Crippen molar-refractivity contribution < 1.29 is 9.47 Å². The van der Waals surface area contributed by atoms with E-state index in [2.05, 4.69) is 20.8 Å². The minimum atomic E-state index is 0.619. The van der Waals surface area contributed by atoms with E-state index in [0.29, 0.717) is 13.2 Å². The van der Waals surface area contributed by atoms with E-state index in [0.717, 1.165) is 27.7 Å². The predicted octanol–water partition coefficient (Wildman–Crippen LogP) is 3.86. The molecule has 0 N–H and O–H groups in total. The second kappa shape index (κ2) is 5.54. The Hall–Kier alpha value is -2.01. The Bertz CT molecular complexity index is 718. The molecule has 4 nitrogen and oxygen atoms in total. The highest BCUT2D eigenvalue weighted by molar-refractivity contribution is 7.15. The van der Waals surface area contributed by atoms with Gasteiger partial charge in [0.05, 0.1) is 18.9 Å². The van der Waals surface area contributed by atoms with Gasteiger partial charge in [-0.1, -0.05) is 0 Å². The van der Waals surface area contributed by atoms with Crippen LogP contribution in [-0.4, -0.2) is 22.6 Å². The average molecular weight is 288 g/mol. The molecule has 0 fully saturated rings. The predicted molar refractivity (Wildman–Crippen MR) is 80.8 cm³/mol. The van der Waals surface area contributed by atoms with Gasteiger partial charge in [-0.15, -0.1) is 11.3 Å². The van der Waals surface area contributed by atoms with Crippen LogP contribution in [0.15, 0.2) is 36.0 Å². The van der Waals surface area contributed by atoms with Gasteiger partial charge < -0.3 is 9.47 Å². The maximum absolute atomic E-state index is 5.68. The number of fused-ring (bicyclic) bond motifs is 1. The Morgan fingerprint density at radius 1 is 1.15 bits per heavy atom. The highest BCUT2D eigenvalue weighted by Crippen LogP contribution is 2.34. The van der Waals surface area contributed by atoms with Crippen molar-refractivity contribution in [1.29, 1.82) is 0 Å². The maximum Gasteiger partial charge on any atom is 0.194 e. The molecule has 0 aliphatic carbocycles. The summed E-state index contributed by atoms with van der Waals surface area (Å²) < 4.78 is 13.3. The van der Waals surface area contributed by atoms with E-state index in [9.17, 15) is 0 Å². The van der Waals surface area contributed by atoms with E-state index >= 15 is 0 Å². The number of aromatic nitrogens is 2. The van der Waals surface area contributed by atoms with Crippen LogP contribution in [0.1, 0.15) is 13.8 Å². The first-order chi connectivity index (χ1) is 9.83. The van der Waals surface area contributed by atoms with Crippen molar-refractivity contribution in [3.8, 4) is 22.8 Å². The highest BCUT2D eigenvalue weighted by Gasteiger charge is 2.11. The van der Waals surface area contributed by atoms with Crippen LogP contribution >= 0.6 is 11.3 Å². The molecule has 1 aromatic carbocycles. The smallest absolute Gasteiger partial charge is 0.194 e. The Morgan fingerprint density at radius 2 is 1.95 bits per heavy atom. The lowest BCUT2D eigenvalue weighted by Gasteiger charge is -2.12. The molecule has 2 aromatic heterocycles. The van der Waals surface area contributed by atoms with Gasteiger partial charge in [-0.3, -0.25) is 4.40 Å². The van der Waals surface area contributed by atoms with Gasteiger partial charge in [-0.05, 0) is 32.0 Å². The molecule has 0 saturated heterocycles. The topological polar surface area (TPSA) is 35.8 Å². The van der Waals surface area contributed by atoms with Gasteiger partial charge in [0.2, 0.25) is 0 Å². The van der Waals surface area contributed by atoms with E-state index in [1.165, 1.54) is 0 Å². The molecule has 0 bridgehead atoms. The number of nitrogens with zero attached hydrogens (tertiary/aromatic N) is 2. The van der Waals surface area contributed by atoms with Crippen molar-refractivity contribution in [2.24, 2.45) is 0 Å². The third-order valence-corrected chi connectivity index (χ3v) is 3.84. The molecular weight excluding hydrogens is 272 g/mol. The summed E-state index contributed by atoms with van der Waals surface area (Å²) in [5.41, 5.74) is 2.22. The Kier molecular flexibility index (Phi) is 3.60. The van der Waals surface area contributed by atoms with Gasteiger partial charge in [0, 0.05) is 23.3 Å². The molecule has 3 aromatic rings. The highest BCUT2D eigenvalue weighted by atomic mass is 32.1. The van der Waals surface area contributed by atoms with E-state index in [1.807, 2.05) is 38.4 Å². The first-order valence-electron chi connectivity index (χ1n) is 6.64. The fourth-order valence-corrected chi connectivity index (χ4v) is 3.00. The third-order valence-electron chi connectivity index (χ3n) is 2.98. The molecular formula is C15H16N2O2S. The Labute approximate surface area is 121 Å². The first-order valence-corrected chi connectivity index (χ1v) is 7.52. The molecule has 3 rings (SSSR count). The molecule has 2 heterocycles. The number of hydrogen-bond donors (Lipinski definition) is 0. The summed E-state index contributed by atoms with van der Waals surface area (Å²) in [6, 6.07) is 6.04. The minimum Gasteiger partial charge on any atom is -0.490 e. The summed E-state index contributed by atoms with van der Waals surface area (Å²) in [6.07, 6.45) is 3.78. The molecule has 0 amide bonds. The van der Waals surface area contributed by atoms with Crippen molar-refractivity contribution in [3.63, 3.8) is 0 Å². The van der Waals surface area contributed by atoms with Crippen LogP contribution in [0.3, 0.4) is 0 Å². The summed E-state index contributed by atoms with van der Waals surface area (Å²) >= 11 is 1.63. The van der Waals surface area contributed by atoms with Gasteiger partial charge in [-0.2, -0.15) is 0 Å². The molecule has 20 heavy (non-hydrogen) atoms.